The predicted molar refractivity (Wildman–Crippen MR) is 126 cm³/mol. The van der Waals surface area contributed by atoms with Gasteiger partial charge in [-0.05, 0) is 54.7 Å². The summed E-state index contributed by atoms with van der Waals surface area (Å²) in [6, 6.07) is 15.5. The molecular formula is C26H33N3O4. The number of amides is 2. The number of rotatable bonds is 8. The maximum Gasteiger partial charge on any atom is 0.254 e. The summed E-state index contributed by atoms with van der Waals surface area (Å²) in [6.45, 7) is 4.33. The Balaban J connectivity index is 1.22. The molecule has 1 fully saturated rings. The molecule has 7 nitrogen and oxygen atoms in total. The Labute approximate surface area is 195 Å². The van der Waals surface area contributed by atoms with Crippen molar-refractivity contribution in [3.8, 4) is 0 Å². The molecule has 1 aliphatic heterocycles. The van der Waals surface area contributed by atoms with E-state index in [4.69, 9.17) is 4.74 Å². The third kappa shape index (κ3) is 5.79. The van der Waals surface area contributed by atoms with Crippen LogP contribution in [0.15, 0.2) is 48.5 Å². The second-order valence-corrected chi connectivity index (χ2v) is 8.86. The topological polar surface area (TPSA) is 90.9 Å². The quantitative estimate of drug-likeness (QED) is 0.569. The number of aliphatic hydroxyl groups excluding tert-OH is 1. The molecule has 33 heavy (non-hydrogen) atoms. The van der Waals surface area contributed by atoms with Crippen molar-refractivity contribution in [2.24, 2.45) is 0 Å². The predicted octanol–water partition coefficient (Wildman–Crippen LogP) is 1.79. The molecule has 3 N–H and O–H groups in total. The molecular weight excluding hydrogens is 418 g/mol. The SMILES string of the molecule is CCC1COCCN1C(=O)c1ccc(C(=O)NCC(O)CNC2Cc3ccccc3C2)cc1. The van der Waals surface area contributed by atoms with Crippen LogP contribution < -0.4 is 10.6 Å². The van der Waals surface area contributed by atoms with Crippen molar-refractivity contribution < 1.29 is 19.4 Å². The standard InChI is InChI=1S/C26H33N3O4/c1-2-23-17-33-12-11-29(23)26(32)19-9-7-18(8-10-19)25(31)28-16-24(30)15-27-22-13-20-5-3-4-6-21(20)14-22/h3-10,22-24,27,30H,2,11-17H2,1H3,(H,28,31). The first-order valence-electron chi connectivity index (χ1n) is 11.8. The molecule has 0 bridgehead atoms. The highest BCUT2D eigenvalue weighted by molar-refractivity contribution is 5.98. The highest BCUT2D eigenvalue weighted by Gasteiger charge is 2.27. The summed E-state index contributed by atoms with van der Waals surface area (Å²) in [5.41, 5.74) is 3.75. The van der Waals surface area contributed by atoms with Gasteiger partial charge in [0.1, 0.15) is 0 Å². The number of hydrogen-bond donors (Lipinski definition) is 3. The van der Waals surface area contributed by atoms with E-state index in [0.717, 1.165) is 19.3 Å². The van der Waals surface area contributed by atoms with Gasteiger partial charge in [-0.2, -0.15) is 0 Å². The number of nitrogens with one attached hydrogen (secondary N) is 2. The number of nitrogens with zero attached hydrogens (tertiary/aromatic N) is 1. The van der Waals surface area contributed by atoms with E-state index in [0.29, 0.717) is 43.5 Å². The zero-order valence-corrected chi connectivity index (χ0v) is 19.1. The number of fused-ring (bicyclic) bond motifs is 1. The van der Waals surface area contributed by atoms with Crippen LogP contribution in [-0.2, 0) is 17.6 Å². The summed E-state index contributed by atoms with van der Waals surface area (Å²) in [7, 11) is 0. The first-order chi connectivity index (χ1) is 16.0. The molecule has 4 rings (SSSR count). The Morgan fingerprint density at radius 1 is 1.06 bits per heavy atom. The van der Waals surface area contributed by atoms with E-state index in [1.807, 2.05) is 11.8 Å². The molecule has 2 unspecified atom stereocenters. The van der Waals surface area contributed by atoms with Crippen LogP contribution in [0.5, 0.6) is 0 Å². The summed E-state index contributed by atoms with van der Waals surface area (Å²) in [5, 5.41) is 16.5. The molecule has 2 aliphatic rings. The molecule has 7 heteroatoms. The zero-order chi connectivity index (χ0) is 23.2. The van der Waals surface area contributed by atoms with E-state index in [1.54, 1.807) is 24.3 Å². The normalized spacial score (nSPS) is 19.2. The van der Waals surface area contributed by atoms with Crippen molar-refractivity contribution >= 4 is 11.8 Å². The number of hydrogen-bond acceptors (Lipinski definition) is 5. The minimum Gasteiger partial charge on any atom is -0.390 e. The summed E-state index contributed by atoms with van der Waals surface area (Å²) in [5.74, 6) is -0.299. The van der Waals surface area contributed by atoms with Gasteiger partial charge in [-0.15, -0.1) is 0 Å². The Hall–Kier alpha value is -2.74. The molecule has 1 saturated heterocycles. The third-order valence-corrected chi connectivity index (χ3v) is 6.55. The lowest BCUT2D eigenvalue weighted by atomic mass is 10.1. The van der Waals surface area contributed by atoms with Crippen LogP contribution in [0.4, 0.5) is 0 Å². The third-order valence-electron chi connectivity index (χ3n) is 6.55. The van der Waals surface area contributed by atoms with Crippen LogP contribution in [-0.4, -0.2) is 72.9 Å². The van der Waals surface area contributed by atoms with E-state index >= 15 is 0 Å². The molecule has 0 radical (unpaired) electrons. The Bertz CT molecular complexity index is 937. The molecule has 1 heterocycles. The number of carbonyl (C=O) groups is 2. The Morgan fingerprint density at radius 2 is 1.73 bits per heavy atom. The lowest BCUT2D eigenvalue weighted by Crippen LogP contribution is -2.48. The average molecular weight is 452 g/mol. The highest BCUT2D eigenvalue weighted by atomic mass is 16.5. The van der Waals surface area contributed by atoms with Crippen molar-refractivity contribution in [1.29, 1.82) is 0 Å². The van der Waals surface area contributed by atoms with Crippen LogP contribution in [0.2, 0.25) is 0 Å². The molecule has 1 aliphatic carbocycles. The van der Waals surface area contributed by atoms with Crippen LogP contribution in [0, 0.1) is 0 Å². The molecule has 2 aromatic rings. The number of carbonyl (C=O) groups excluding carboxylic acids is 2. The van der Waals surface area contributed by atoms with E-state index in [9.17, 15) is 14.7 Å². The lowest BCUT2D eigenvalue weighted by molar-refractivity contribution is -0.00280. The van der Waals surface area contributed by atoms with Crippen LogP contribution in [0.1, 0.15) is 45.2 Å². The van der Waals surface area contributed by atoms with Gasteiger partial charge in [0.05, 0.1) is 25.4 Å². The van der Waals surface area contributed by atoms with E-state index in [-0.39, 0.29) is 24.4 Å². The summed E-state index contributed by atoms with van der Waals surface area (Å²) >= 11 is 0. The van der Waals surface area contributed by atoms with Gasteiger partial charge in [-0.3, -0.25) is 9.59 Å². The number of morpholine rings is 1. The van der Waals surface area contributed by atoms with E-state index in [1.165, 1.54) is 11.1 Å². The maximum atomic E-state index is 12.8. The van der Waals surface area contributed by atoms with Gasteiger partial charge in [0.2, 0.25) is 0 Å². The van der Waals surface area contributed by atoms with Gasteiger partial charge < -0.3 is 25.4 Å². The fourth-order valence-electron chi connectivity index (χ4n) is 4.58. The summed E-state index contributed by atoms with van der Waals surface area (Å²) in [4.78, 5) is 27.2. The van der Waals surface area contributed by atoms with Gasteiger partial charge in [0.25, 0.3) is 11.8 Å². The van der Waals surface area contributed by atoms with Gasteiger partial charge in [0, 0.05) is 36.8 Å². The summed E-state index contributed by atoms with van der Waals surface area (Å²) in [6.07, 6.45) is 2.09. The molecule has 2 aromatic carbocycles. The second kappa shape index (κ2) is 10.9. The molecule has 2 atom stereocenters. The fourth-order valence-corrected chi connectivity index (χ4v) is 4.58. The monoisotopic (exact) mass is 451 g/mol. The smallest absolute Gasteiger partial charge is 0.254 e. The molecule has 0 aromatic heterocycles. The minimum atomic E-state index is -0.675. The minimum absolute atomic E-state index is 0.0346. The van der Waals surface area contributed by atoms with Crippen LogP contribution in [0.25, 0.3) is 0 Å². The molecule has 0 spiro atoms. The molecule has 0 saturated carbocycles. The first-order valence-corrected chi connectivity index (χ1v) is 11.8. The maximum absolute atomic E-state index is 12.8. The molecule has 176 valence electrons. The highest BCUT2D eigenvalue weighted by Crippen LogP contribution is 2.21. The molecule has 2 amide bonds. The first kappa shape index (κ1) is 23.4. The van der Waals surface area contributed by atoms with Crippen molar-refractivity contribution in [1.82, 2.24) is 15.5 Å². The van der Waals surface area contributed by atoms with Crippen LogP contribution >= 0.6 is 0 Å². The van der Waals surface area contributed by atoms with Crippen LogP contribution in [0.3, 0.4) is 0 Å². The van der Waals surface area contributed by atoms with Gasteiger partial charge in [0.15, 0.2) is 0 Å². The van der Waals surface area contributed by atoms with Gasteiger partial charge in [-0.25, -0.2) is 0 Å². The number of benzene rings is 2. The van der Waals surface area contributed by atoms with Crippen molar-refractivity contribution in [3.63, 3.8) is 0 Å². The van der Waals surface area contributed by atoms with Crippen molar-refractivity contribution in [2.45, 2.75) is 44.4 Å². The Kier molecular flexibility index (Phi) is 7.75. The van der Waals surface area contributed by atoms with E-state index in [2.05, 4.69) is 34.9 Å². The zero-order valence-electron chi connectivity index (χ0n) is 19.1. The number of aliphatic hydroxyl groups is 1. The number of ether oxygens (including phenoxy) is 1. The average Bonchev–Trinajstić information content (AvgIpc) is 3.28. The largest absolute Gasteiger partial charge is 0.390 e. The van der Waals surface area contributed by atoms with Gasteiger partial charge >= 0.3 is 0 Å². The van der Waals surface area contributed by atoms with E-state index < -0.39 is 6.10 Å². The lowest BCUT2D eigenvalue weighted by Gasteiger charge is -2.35. The van der Waals surface area contributed by atoms with Gasteiger partial charge in [-0.1, -0.05) is 31.2 Å². The fraction of sp³-hybridized carbons (Fsp3) is 0.462. The van der Waals surface area contributed by atoms with Crippen molar-refractivity contribution in [2.75, 3.05) is 32.8 Å². The Morgan fingerprint density at radius 3 is 2.39 bits per heavy atom. The summed E-state index contributed by atoms with van der Waals surface area (Å²) < 4.78 is 5.48. The second-order valence-electron chi connectivity index (χ2n) is 8.86. The van der Waals surface area contributed by atoms with Crippen molar-refractivity contribution in [3.05, 3.63) is 70.8 Å².